The number of rotatable bonds is 9. The van der Waals surface area contributed by atoms with Crippen molar-refractivity contribution < 1.29 is 19.5 Å². The molecule has 1 aromatic rings. The monoisotopic (exact) mass is 305 g/mol. The van der Waals surface area contributed by atoms with Gasteiger partial charge in [0, 0.05) is 18.4 Å². The van der Waals surface area contributed by atoms with Crippen molar-refractivity contribution in [2.75, 3.05) is 0 Å². The fraction of sp³-hybridized carbons (Fsp3) is 0.471. The third kappa shape index (κ3) is 6.52. The number of carbonyl (C=O) groups excluding carboxylic acids is 2. The molecule has 1 unspecified atom stereocenters. The largest absolute Gasteiger partial charge is 0.480 e. The van der Waals surface area contributed by atoms with Crippen LogP contribution in [-0.2, 0) is 9.59 Å². The minimum Gasteiger partial charge on any atom is -0.480 e. The van der Waals surface area contributed by atoms with Gasteiger partial charge < -0.3 is 10.4 Å². The third-order valence-electron chi connectivity index (χ3n) is 3.24. The molecule has 5 heteroatoms. The van der Waals surface area contributed by atoms with Crippen LogP contribution in [0.2, 0.25) is 0 Å². The van der Waals surface area contributed by atoms with Gasteiger partial charge in [-0.1, -0.05) is 44.2 Å². The summed E-state index contributed by atoms with van der Waals surface area (Å²) >= 11 is 0. The SMILES string of the molecule is CC(C)CC(NC(=O)CCCC(=O)c1ccccc1)C(=O)O. The molecule has 5 nitrogen and oxygen atoms in total. The summed E-state index contributed by atoms with van der Waals surface area (Å²) in [6.45, 7) is 3.81. The van der Waals surface area contributed by atoms with Crippen LogP contribution in [0.3, 0.4) is 0 Å². The number of nitrogens with one attached hydrogen (secondary N) is 1. The van der Waals surface area contributed by atoms with Gasteiger partial charge >= 0.3 is 5.97 Å². The van der Waals surface area contributed by atoms with E-state index < -0.39 is 12.0 Å². The molecule has 0 spiro atoms. The molecule has 120 valence electrons. The second-order valence-electron chi connectivity index (χ2n) is 5.73. The Balaban J connectivity index is 2.36. The van der Waals surface area contributed by atoms with Gasteiger partial charge in [-0.25, -0.2) is 4.79 Å². The van der Waals surface area contributed by atoms with Gasteiger partial charge in [0.25, 0.3) is 0 Å². The van der Waals surface area contributed by atoms with Crippen LogP contribution >= 0.6 is 0 Å². The maximum atomic E-state index is 11.9. The molecule has 1 rings (SSSR count). The molecule has 0 aliphatic rings. The van der Waals surface area contributed by atoms with Crippen LogP contribution in [0.15, 0.2) is 30.3 Å². The average molecular weight is 305 g/mol. The first-order valence-electron chi connectivity index (χ1n) is 7.50. The Hall–Kier alpha value is -2.17. The van der Waals surface area contributed by atoms with E-state index in [1.54, 1.807) is 24.3 Å². The predicted molar refractivity (Wildman–Crippen MR) is 83.6 cm³/mol. The minimum absolute atomic E-state index is 0.00892. The van der Waals surface area contributed by atoms with Crippen molar-refractivity contribution in [3.8, 4) is 0 Å². The second-order valence-corrected chi connectivity index (χ2v) is 5.73. The molecule has 0 heterocycles. The van der Waals surface area contributed by atoms with Gasteiger partial charge in [0.15, 0.2) is 5.78 Å². The summed E-state index contributed by atoms with van der Waals surface area (Å²) in [4.78, 5) is 34.7. The zero-order valence-corrected chi connectivity index (χ0v) is 13.0. The number of benzene rings is 1. The topological polar surface area (TPSA) is 83.5 Å². The number of aliphatic carboxylic acids is 1. The van der Waals surface area contributed by atoms with Gasteiger partial charge in [-0.15, -0.1) is 0 Å². The highest BCUT2D eigenvalue weighted by Crippen LogP contribution is 2.08. The van der Waals surface area contributed by atoms with E-state index >= 15 is 0 Å². The molecular weight excluding hydrogens is 282 g/mol. The molecule has 22 heavy (non-hydrogen) atoms. The van der Waals surface area contributed by atoms with Gasteiger partial charge in [0.05, 0.1) is 0 Å². The number of carboxylic acid groups (broad SMARTS) is 1. The molecule has 1 amide bonds. The van der Waals surface area contributed by atoms with Crippen molar-refractivity contribution in [3.05, 3.63) is 35.9 Å². The van der Waals surface area contributed by atoms with E-state index in [1.165, 1.54) is 0 Å². The zero-order valence-electron chi connectivity index (χ0n) is 13.0. The van der Waals surface area contributed by atoms with Crippen LogP contribution in [0.25, 0.3) is 0 Å². The second kappa shape index (κ2) is 8.97. The first kappa shape index (κ1) is 17.9. The molecule has 0 saturated heterocycles. The van der Waals surface area contributed by atoms with Gasteiger partial charge in [-0.05, 0) is 18.8 Å². The zero-order chi connectivity index (χ0) is 16.5. The van der Waals surface area contributed by atoms with E-state index in [0.717, 1.165) is 0 Å². The molecule has 0 aliphatic carbocycles. The number of hydrogen-bond acceptors (Lipinski definition) is 3. The van der Waals surface area contributed by atoms with Crippen molar-refractivity contribution >= 4 is 17.7 Å². The van der Waals surface area contributed by atoms with E-state index in [0.29, 0.717) is 18.4 Å². The first-order valence-corrected chi connectivity index (χ1v) is 7.50. The van der Waals surface area contributed by atoms with Crippen molar-refractivity contribution in [2.45, 2.75) is 45.6 Å². The lowest BCUT2D eigenvalue weighted by Crippen LogP contribution is -2.41. The van der Waals surface area contributed by atoms with Crippen LogP contribution in [0.4, 0.5) is 0 Å². The third-order valence-corrected chi connectivity index (χ3v) is 3.24. The summed E-state index contributed by atoms with van der Waals surface area (Å²) in [5.74, 6) is -1.18. The summed E-state index contributed by atoms with van der Waals surface area (Å²) in [5, 5.41) is 11.6. The highest BCUT2D eigenvalue weighted by molar-refractivity contribution is 5.96. The standard InChI is InChI=1S/C17H23NO4/c1-12(2)11-14(17(21)22)18-16(20)10-6-9-15(19)13-7-4-3-5-8-13/h3-5,7-8,12,14H,6,9-11H2,1-2H3,(H,18,20)(H,21,22). The number of amides is 1. The molecule has 0 bridgehead atoms. The molecule has 0 saturated carbocycles. The summed E-state index contributed by atoms with van der Waals surface area (Å²) in [6.07, 6.45) is 1.23. The molecule has 0 radical (unpaired) electrons. The Morgan fingerprint density at radius 2 is 1.73 bits per heavy atom. The Labute approximate surface area is 130 Å². The first-order chi connectivity index (χ1) is 10.4. The average Bonchev–Trinajstić information content (AvgIpc) is 2.46. The normalized spacial score (nSPS) is 12.0. The lowest BCUT2D eigenvalue weighted by atomic mass is 10.0. The Morgan fingerprint density at radius 3 is 2.27 bits per heavy atom. The van der Waals surface area contributed by atoms with E-state index in [9.17, 15) is 14.4 Å². The highest BCUT2D eigenvalue weighted by Gasteiger charge is 2.20. The van der Waals surface area contributed by atoms with E-state index in [1.807, 2.05) is 19.9 Å². The van der Waals surface area contributed by atoms with Crippen molar-refractivity contribution in [1.82, 2.24) is 5.32 Å². The lowest BCUT2D eigenvalue weighted by Gasteiger charge is -2.16. The fourth-order valence-electron chi connectivity index (χ4n) is 2.14. The number of hydrogen-bond donors (Lipinski definition) is 2. The van der Waals surface area contributed by atoms with Gasteiger partial charge in [-0.2, -0.15) is 0 Å². The number of carbonyl (C=O) groups is 3. The summed E-state index contributed by atoms with van der Waals surface area (Å²) in [5.41, 5.74) is 0.631. The quantitative estimate of drug-likeness (QED) is 0.687. The van der Waals surface area contributed by atoms with E-state index in [2.05, 4.69) is 5.32 Å². The molecule has 2 N–H and O–H groups in total. The van der Waals surface area contributed by atoms with Crippen molar-refractivity contribution in [2.24, 2.45) is 5.92 Å². The summed E-state index contributed by atoms with van der Waals surface area (Å²) in [6, 6.07) is 8.05. The Bertz CT molecular complexity index is 511. The molecule has 0 fully saturated rings. The molecule has 1 atom stereocenters. The molecular formula is C17H23NO4. The summed E-state index contributed by atoms with van der Waals surface area (Å²) < 4.78 is 0. The Kier molecular flexibility index (Phi) is 7.29. The molecule has 1 aromatic carbocycles. The summed E-state index contributed by atoms with van der Waals surface area (Å²) in [7, 11) is 0. The smallest absolute Gasteiger partial charge is 0.326 e. The minimum atomic E-state index is -1.03. The molecule has 0 aliphatic heterocycles. The van der Waals surface area contributed by atoms with E-state index in [4.69, 9.17) is 5.11 Å². The van der Waals surface area contributed by atoms with Gasteiger partial charge in [0.1, 0.15) is 6.04 Å². The fourth-order valence-corrected chi connectivity index (χ4v) is 2.14. The van der Waals surface area contributed by atoms with Crippen LogP contribution in [-0.4, -0.2) is 28.8 Å². The Morgan fingerprint density at radius 1 is 1.09 bits per heavy atom. The molecule has 0 aromatic heterocycles. The van der Waals surface area contributed by atoms with Crippen LogP contribution in [0.5, 0.6) is 0 Å². The lowest BCUT2D eigenvalue weighted by molar-refractivity contribution is -0.142. The van der Waals surface area contributed by atoms with Gasteiger partial charge in [-0.3, -0.25) is 9.59 Å². The number of ketones is 1. The maximum absolute atomic E-state index is 11.9. The van der Waals surface area contributed by atoms with Crippen LogP contribution < -0.4 is 5.32 Å². The van der Waals surface area contributed by atoms with Crippen LogP contribution in [0.1, 0.15) is 49.9 Å². The van der Waals surface area contributed by atoms with Crippen LogP contribution in [0, 0.1) is 5.92 Å². The predicted octanol–water partition coefficient (Wildman–Crippen LogP) is 2.66. The van der Waals surface area contributed by atoms with Crippen molar-refractivity contribution in [1.29, 1.82) is 0 Å². The maximum Gasteiger partial charge on any atom is 0.326 e. The van der Waals surface area contributed by atoms with Crippen molar-refractivity contribution in [3.63, 3.8) is 0 Å². The number of carboxylic acids is 1. The van der Waals surface area contributed by atoms with Gasteiger partial charge in [0.2, 0.25) is 5.91 Å². The number of Topliss-reactive ketones (excluding diaryl/α,β-unsaturated/α-hetero) is 1. The van der Waals surface area contributed by atoms with E-state index in [-0.39, 0.29) is 30.4 Å². The highest BCUT2D eigenvalue weighted by atomic mass is 16.4.